The monoisotopic (exact) mass is 330 g/mol. The molecule has 0 amide bonds. The van der Waals surface area contributed by atoms with Gasteiger partial charge in [-0.15, -0.1) is 0 Å². The Labute approximate surface area is 112 Å². The molecule has 0 saturated heterocycles. The molecule has 0 radical (unpaired) electrons. The van der Waals surface area contributed by atoms with Crippen molar-refractivity contribution in [1.82, 2.24) is 4.98 Å². The molecule has 0 bridgehead atoms. The lowest BCUT2D eigenvalue weighted by Gasteiger charge is -2.08. The predicted molar refractivity (Wildman–Crippen MR) is 69.1 cm³/mol. The maximum absolute atomic E-state index is 12.9. The molecule has 94 valence electrons. The van der Waals surface area contributed by atoms with Crippen LogP contribution >= 0.6 is 15.9 Å². The molecule has 18 heavy (non-hydrogen) atoms. The van der Waals surface area contributed by atoms with Crippen LogP contribution in [0, 0.1) is 5.82 Å². The highest BCUT2D eigenvalue weighted by molar-refractivity contribution is 9.10. The summed E-state index contributed by atoms with van der Waals surface area (Å²) in [5, 5.41) is 0. The van der Waals surface area contributed by atoms with Gasteiger partial charge in [0.1, 0.15) is 16.5 Å². The molecule has 1 N–H and O–H groups in total. The number of nitrogens with one attached hydrogen (secondary N) is 1. The van der Waals surface area contributed by atoms with Crippen molar-refractivity contribution in [2.24, 2.45) is 0 Å². The van der Waals surface area contributed by atoms with Crippen molar-refractivity contribution in [3.8, 4) is 0 Å². The fourth-order valence-corrected chi connectivity index (χ4v) is 3.37. The molecule has 0 aliphatic carbocycles. The molecule has 0 spiro atoms. The molecule has 0 aliphatic rings. The second-order valence-electron chi connectivity index (χ2n) is 3.40. The van der Waals surface area contributed by atoms with Crippen molar-refractivity contribution in [2.75, 3.05) is 4.72 Å². The molecule has 7 heteroatoms. The SMILES string of the molecule is O=S(=O)(Nc1ccccn1)c1ccc(F)cc1Br. The van der Waals surface area contributed by atoms with Gasteiger partial charge >= 0.3 is 0 Å². The lowest BCUT2D eigenvalue weighted by atomic mass is 10.3. The van der Waals surface area contributed by atoms with Crippen LogP contribution in [0.3, 0.4) is 0 Å². The number of hydrogen-bond acceptors (Lipinski definition) is 3. The van der Waals surface area contributed by atoms with Crippen molar-refractivity contribution in [3.63, 3.8) is 0 Å². The number of anilines is 1. The van der Waals surface area contributed by atoms with E-state index in [2.05, 4.69) is 25.6 Å². The van der Waals surface area contributed by atoms with Gasteiger partial charge in [0, 0.05) is 10.7 Å². The fourth-order valence-electron chi connectivity index (χ4n) is 1.31. The summed E-state index contributed by atoms with van der Waals surface area (Å²) in [7, 11) is -3.79. The van der Waals surface area contributed by atoms with Crippen LogP contribution in [0.2, 0.25) is 0 Å². The number of aromatic nitrogens is 1. The van der Waals surface area contributed by atoms with Crippen molar-refractivity contribution >= 4 is 31.8 Å². The van der Waals surface area contributed by atoms with Crippen LogP contribution in [0.1, 0.15) is 0 Å². The molecule has 0 saturated carbocycles. The number of hydrogen-bond donors (Lipinski definition) is 1. The van der Waals surface area contributed by atoms with Crippen molar-refractivity contribution in [1.29, 1.82) is 0 Å². The Balaban J connectivity index is 2.37. The minimum Gasteiger partial charge on any atom is -0.263 e. The molecule has 0 unspecified atom stereocenters. The van der Waals surface area contributed by atoms with Crippen LogP contribution in [-0.4, -0.2) is 13.4 Å². The summed E-state index contributed by atoms with van der Waals surface area (Å²) in [6, 6.07) is 8.21. The van der Waals surface area contributed by atoms with E-state index in [0.717, 1.165) is 12.1 Å². The number of benzene rings is 1. The minimum atomic E-state index is -3.79. The third-order valence-electron chi connectivity index (χ3n) is 2.09. The van der Waals surface area contributed by atoms with E-state index in [9.17, 15) is 12.8 Å². The lowest BCUT2D eigenvalue weighted by molar-refractivity contribution is 0.598. The van der Waals surface area contributed by atoms with Crippen LogP contribution in [0.5, 0.6) is 0 Å². The smallest absolute Gasteiger partial charge is 0.263 e. The number of nitrogens with zero attached hydrogens (tertiary/aromatic N) is 1. The van der Waals surface area contributed by atoms with Gasteiger partial charge in [0.15, 0.2) is 0 Å². The molecule has 4 nitrogen and oxygen atoms in total. The summed E-state index contributed by atoms with van der Waals surface area (Å²) in [4.78, 5) is 3.81. The minimum absolute atomic E-state index is 0.0467. The zero-order valence-corrected chi connectivity index (χ0v) is 11.4. The molecule has 2 aromatic rings. The average Bonchev–Trinajstić information content (AvgIpc) is 2.29. The quantitative estimate of drug-likeness (QED) is 0.941. The summed E-state index contributed by atoms with van der Waals surface area (Å²) >= 11 is 3.02. The highest BCUT2D eigenvalue weighted by atomic mass is 79.9. The number of rotatable bonds is 3. The van der Waals surface area contributed by atoms with E-state index >= 15 is 0 Å². The Morgan fingerprint density at radius 3 is 2.61 bits per heavy atom. The van der Waals surface area contributed by atoms with E-state index in [4.69, 9.17) is 0 Å². The summed E-state index contributed by atoms with van der Waals surface area (Å²) in [6.07, 6.45) is 1.47. The molecule has 0 fully saturated rings. The average molecular weight is 331 g/mol. The standard InChI is InChI=1S/C11H8BrFN2O2S/c12-9-7-8(13)4-5-10(9)18(16,17)15-11-3-1-2-6-14-11/h1-7H,(H,14,15). The number of sulfonamides is 1. The van der Waals surface area contributed by atoms with Gasteiger partial charge in [-0.05, 0) is 46.3 Å². The van der Waals surface area contributed by atoms with Gasteiger partial charge < -0.3 is 0 Å². The van der Waals surface area contributed by atoms with Crippen molar-refractivity contribution in [3.05, 3.63) is 52.9 Å². The van der Waals surface area contributed by atoms with E-state index in [1.54, 1.807) is 12.1 Å². The van der Waals surface area contributed by atoms with Gasteiger partial charge in [-0.3, -0.25) is 4.72 Å². The Kier molecular flexibility index (Phi) is 3.63. The fraction of sp³-hybridized carbons (Fsp3) is 0. The van der Waals surface area contributed by atoms with Gasteiger partial charge in [-0.25, -0.2) is 17.8 Å². The summed E-state index contributed by atoms with van der Waals surface area (Å²) in [6.45, 7) is 0. The molecule has 0 aliphatic heterocycles. The molecule has 1 aromatic carbocycles. The number of pyridine rings is 1. The van der Waals surface area contributed by atoms with Gasteiger partial charge in [0.25, 0.3) is 10.0 Å². The predicted octanol–water partition coefficient (Wildman–Crippen LogP) is 2.78. The van der Waals surface area contributed by atoms with E-state index in [1.807, 2.05) is 0 Å². The number of halogens is 2. The maximum atomic E-state index is 12.9. The second-order valence-corrected chi connectivity index (χ2v) is 5.90. The summed E-state index contributed by atoms with van der Waals surface area (Å²) in [5.74, 6) is -0.313. The van der Waals surface area contributed by atoms with Crippen LogP contribution < -0.4 is 4.72 Å². The Hall–Kier alpha value is -1.47. The molecule has 2 rings (SSSR count). The summed E-state index contributed by atoms with van der Waals surface area (Å²) < 4.78 is 39.4. The lowest BCUT2D eigenvalue weighted by Crippen LogP contribution is -2.14. The van der Waals surface area contributed by atoms with Gasteiger partial charge in [-0.2, -0.15) is 0 Å². The zero-order valence-electron chi connectivity index (χ0n) is 8.97. The topological polar surface area (TPSA) is 59.1 Å². The molecule has 0 atom stereocenters. The van der Waals surface area contributed by atoms with Gasteiger partial charge in [0.2, 0.25) is 0 Å². The van der Waals surface area contributed by atoms with E-state index < -0.39 is 15.8 Å². The largest absolute Gasteiger partial charge is 0.264 e. The van der Waals surface area contributed by atoms with Gasteiger partial charge in [-0.1, -0.05) is 6.07 Å². The first-order valence-electron chi connectivity index (χ1n) is 4.88. The first-order valence-corrected chi connectivity index (χ1v) is 7.15. The highest BCUT2D eigenvalue weighted by Crippen LogP contribution is 2.24. The van der Waals surface area contributed by atoms with E-state index in [1.165, 1.54) is 18.3 Å². The zero-order chi connectivity index (χ0) is 13.2. The first kappa shape index (κ1) is 13.0. The van der Waals surface area contributed by atoms with Crippen molar-refractivity contribution in [2.45, 2.75) is 4.90 Å². The van der Waals surface area contributed by atoms with Crippen LogP contribution in [0.4, 0.5) is 10.2 Å². The third-order valence-corrected chi connectivity index (χ3v) is 4.42. The molecular weight excluding hydrogens is 323 g/mol. The first-order chi connectivity index (χ1) is 8.49. The Bertz CT molecular complexity index is 662. The van der Waals surface area contributed by atoms with Crippen LogP contribution in [0.15, 0.2) is 52.0 Å². The normalized spacial score (nSPS) is 11.2. The van der Waals surface area contributed by atoms with E-state index in [0.29, 0.717) is 0 Å². The van der Waals surface area contributed by atoms with Crippen LogP contribution in [0.25, 0.3) is 0 Å². The second kappa shape index (κ2) is 5.03. The molecule has 1 aromatic heterocycles. The Morgan fingerprint density at radius 1 is 1.22 bits per heavy atom. The third kappa shape index (κ3) is 2.85. The molecule has 1 heterocycles. The highest BCUT2D eigenvalue weighted by Gasteiger charge is 2.18. The van der Waals surface area contributed by atoms with Crippen molar-refractivity contribution < 1.29 is 12.8 Å². The Morgan fingerprint density at radius 2 is 2.00 bits per heavy atom. The van der Waals surface area contributed by atoms with E-state index in [-0.39, 0.29) is 15.2 Å². The maximum Gasteiger partial charge on any atom is 0.264 e. The van der Waals surface area contributed by atoms with Crippen LogP contribution in [-0.2, 0) is 10.0 Å². The summed E-state index contributed by atoms with van der Waals surface area (Å²) in [5.41, 5.74) is 0. The van der Waals surface area contributed by atoms with Gasteiger partial charge in [0.05, 0.1) is 0 Å². The molecular formula is C11H8BrFN2O2S.